The van der Waals surface area contributed by atoms with E-state index in [9.17, 15) is 18.0 Å². The first-order valence-corrected chi connectivity index (χ1v) is 7.60. The summed E-state index contributed by atoms with van der Waals surface area (Å²) >= 11 is 1.89. The van der Waals surface area contributed by atoms with Crippen molar-refractivity contribution in [3.8, 4) is 0 Å². The van der Waals surface area contributed by atoms with E-state index in [0.717, 1.165) is 23.5 Å². The Morgan fingerprint density at radius 3 is 2.13 bits per heavy atom. The van der Waals surface area contributed by atoms with Gasteiger partial charge in [0.15, 0.2) is 10.2 Å². The van der Waals surface area contributed by atoms with Crippen LogP contribution in [0.1, 0.15) is 13.8 Å². The number of primary sulfonamides is 1. The third kappa shape index (κ3) is 10.2. The summed E-state index contributed by atoms with van der Waals surface area (Å²) in [5, 5.41) is 4.11. The van der Waals surface area contributed by atoms with E-state index in [-0.39, 0.29) is 21.7 Å². The number of thioether (sulfide) groups is 2. The molecule has 0 saturated carbocycles. The highest BCUT2D eigenvalue weighted by molar-refractivity contribution is 8.17. The highest BCUT2D eigenvalue weighted by Gasteiger charge is 2.19. The molecule has 15 heavy (non-hydrogen) atoms. The molecule has 0 amide bonds. The number of carbonyl (C=O) groups is 2. The maximum Gasteiger partial charge on any atom is 0.210 e. The number of nitrogens with two attached hydrogens (primary N) is 1. The molecule has 0 aliphatic heterocycles. The first kappa shape index (κ1) is 14.9. The molecule has 0 aromatic carbocycles. The van der Waals surface area contributed by atoms with Crippen molar-refractivity contribution in [1.29, 1.82) is 0 Å². The van der Waals surface area contributed by atoms with Gasteiger partial charge in [-0.25, -0.2) is 13.6 Å². The number of carbonyl (C=O) groups excluding carboxylic acids is 2. The van der Waals surface area contributed by atoms with Crippen LogP contribution in [-0.4, -0.2) is 35.4 Å². The summed E-state index contributed by atoms with van der Waals surface area (Å²) in [7, 11) is -3.61. The molecule has 0 fully saturated rings. The Balaban J connectivity index is 4.31. The molecule has 5 nitrogen and oxygen atoms in total. The van der Waals surface area contributed by atoms with Gasteiger partial charge in [0.05, 0.1) is 5.75 Å². The molecule has 0 spiro atoms. The zero-order valence-corrected chi connectivity index (χ0v) is 10.9. The molecule has 0 radical (unpaired) electrons. The lowest BCUT2D eigenvalue weighted by Crippen LogP contribution is -2.27. The van der Waals surface area contributed by atoms with Crippen molar-refractivity contribution < 1.29 is 18.0 Å². The summed E-state index contributed by atoms with van der Waals surface area (Å²) in [6.45, 7) is 2.73. The molecule has 0 aromatic rings. The van der Waals surface area contributed by atoms with Crippen molar-refractivity contribution in [2.24, 2.45) is 5.14 Å². The van der Waals surface area contributed by atoms with E-state index < -0.39 is 15.3 Å². The minimum Gasteiger partial charge on any atom is -0.288 e. The summed E-state index contributed by atoms with van der Waals surface area (Å²) in [5.41, 5.74) is 0. The van der Waals surface area contributed by atoms with Gasteiger partial charge in [-0.1, -0.05) is 23.5 Å². The van der Waals surface area contributed by atoms with E-state index in [0.29, 0.717) is 0 Å². The predicted octanol–water partition coefficient (Wildman–Crippen LogP) is 0.203. The van der Waals surface area contributed by atoms with Gasteiger partial charge in [-0.15, -0.1) is 0 Å². The van der Waals surface area contributed by atoms with Crippen LogP contribution in [0.5, 0.6) is 0 Å². The first-order valence-electron chi connectivity index (χ1n) is 4.02. The molecular weight excluding hydrogens is 258 g/mol. The fraction of sp³-hybridized carbons (Fsp3) is 0.714. The van der Waals surface area contributed by atoms with Crippen molar-refractivity contribution >= 4 is 43.8 Å². The Morgan fingerprint density at radius 2 is 1.80 bits per heavy atom. The number of hydrogen-bond acceptors (Lipinski definition) is 6. The minimum atomic E-state index is -3.61. The maximum absolute atomic E-state index is 10.8. The second kappa shape index (κ2) is 6.51. The summed E-state index contributed by atoms with van der Waals surface area (Å²) in [6, 6.07) is 0. The van der Waals surface area contributed by atoms with Gasteiger partial charge in [-0.3, -0.25) is 9.59 Å². The lowest BCUT2D eigenvalue weighted by Gasteiger charge is -2.11. The Labute approximate surface area is 97.6 Å². The molecule has 8 heteroatoms. The number of rotatable bonds is 5. The third-order valence-corrected chi connectivity index (χ3v) is 4.49. The zero-order valence-electron chi connectivity index (χ0n) is 8.43. The number of sulfonamides is 1. The van der Waals surface area contributed by atoms with Crippen LogP contribution in [-0.2, 0) is 19.6 Å². The van der Waals surface area contributed by atoms with E-state index in [1.165, 1.54) is 13.8 Å². The fourth-order valence-electron chi connectivity index (χ4n) is 0.820. The van der Waals surface area contributed by atoms with Crippen molar-refractivity contribution in [3.05, 3.63) is 0 Å². The quantitative estimate of drug-likeness (QED) is 0.767. The lowest BCUT2D eigenvalue weighted by atomic mass is 10.5. The van der Waals surface area contributed by atoms with Gasteiger partial charge in [-0.2, -0.15) is 0 Å². The molecule has 0 heterocycles. The first-order chi connectivity index (χ1) is 6.70. The van der Waals surface area contributed by atoms with Crippen LogP contribution in [0.4, 0.5) is 0 Å². The van der Waals surface area contributed by atoms with E-state index in [4.69, 9.17) is 5.14 Å². The largest absolute Gasteiger partial charge is 0.288 e. The maximum atomic E-state index is 10.8. The highest BCUT2D eigenvalue weighted by Crippen LogP contribution is 2.18. The molecule has 1 unspecified atom stereocenters. The molecule has 0 aliphatic carbocycles. The fourth-order valence-corrected chi connectivity index (χ4v) is 3.93. The van der Waals surface area contributed by atoms with Gasteiger partial charge in [-0.05, 0) is 0 Å². The number of hydrogen-bond donors (Lipinski definition) is 1. The highest BCUT2D eigenvalue weighted by atomic mass is 32.2. The van der Waals surface area contributed by atoms with Crippen LogP contribution in [0, 0.1) is 0 Å². The Kier molecular flexibility index (Phi) is 6.49. The van der Waals surface area contributed by atoms with E-state index in [2.05, 4.69) is 0 Å². The molecular formula is C7H13NO4S3. The van der Waals surface area contributed by atoms with E-state index in [1.54, 1.807) is 0 Å². The molecule has 0 aliphatic rings. The van der Waals surface area contributed by atoms with E-state index >= 15 is 0 Å². The topological polar surface area (TPSA) is 94.3 Å². The lowest BCUT2D eigenvalue weighted by molar-refractivity contribution is -0.110. The minimum absolute atomic E-state index is 0.112. The molecule has 0 bridgehead atoms. The third-order valence-electron chi connectivity index (χ3n) is 1.22. The molecule has 0 saturated heterocycles. The second-order valence-electron chi connectivity index (χ2n) is 2.86. The summed E-state index contributed by atoms with van der Waals surface area (Å²) in [4.78, 5) is 21.5. The summed E-state index contributed by atoms with van der Waals surface area (Å²) in [5.74, 6) is -0.0203. The Bertz CT molecular complexity index is 338. The molecule has 1 atom stereocenters. The second-order valence-corrected chi connectivity index (χ2v) is 7.20. The van der Waals surface area contributed by atoms with Crippen molar-refractivity contribution in [1.82, 2.24) is 0 Å². The van der Waals surface area contributed by atoms with Gasteiger partial charge in [0.1, 0.15) is 0 Å². The van der Waals surface area contributed by atoms with Crippen molar-refractivity contribution in [2.45, 2.75) is 19.1 Å². The SMILES string of the molecule is CC(=O)SCC(CS(N)(=O)=O)SC(C)=O. The van der Waals surface area contributed by atoms with Crippen LogP contribution >= 0.6 is 23.5 Å². The summed E-state index contributed by atoms with van der Waals surface area (Å²) < 4.78 is 21.7. The van der Waals surface area contributed by atoms with Crippen molar-refractivity contribution in [3.63, 3.8) is 0 Å². The molecule has 88 valence electrons. The standard InChI is InChI=1S/C7H13NO4S3/c1-5(9)13-3-7(14-6(2)10)4-15(8,11)12/h7H,3-4H2,1-2H3,(H2,8,11,12). The van der Waals surface area contributed by atoms with Crippen LogP contribution < -0.4 is 5.14 Å². The average Bonchev–Trinajstić information content (AvgIpc) is 1.95. The smallest absolute Gasteiger partial charge is 0.210 e. The van der Waals surface area contributed by atoms with E-state index in [1.807, 2.05) is 0 Å². The predicted molar refractivity (Wildman–Crippen MR) is 63.2 cm³/mol. The zero-order chi connectivity index (χ0) is 12.1. The van der Waals surface area contributed by atoms with Crippen molar-refractivity contribution in [2.75, 3.05) is 11.5 Å². The molecule has 2 N–H and O–H groups in total. The van der Waals surface area contributed by atoms with Gasteiger partial charge < -0.3 is 0 Å². The Hall–Kier alpha value is -0.0500. The van der Waals surface area contributed by atoms with Crippen LogP contribution in [0.25, 0.3) is 0 Å². The Morgan fingerprint density at radius 1 is 1.27 bits per heavy atom. The molecule has 0 aromatic heterocycles. The van der Waals surface area contributed by atoms with Gasteiger partial charge in [0.2, 0.25) is 10.0 Å². The monoisotopic (exact) mass is 271 g/mol. The van der Waals surface area contributed by atoms with Gasteiger partial charge in [0.25, 0.3) is 0 Å². The van der Waals surface area contributed by atoms with Gasteiger partial charge in [0, 0.05) is 24.9 Å². The normalized spacial score (nSPS) is 13.5. The van der Waals surface area contributed by atoms with Crippen LogP contribution in [0.15, 0.2) is 0 Å². The van der Waals surface area contributed by atoms with Gasteiger partial charge >= 0.3 is 0 Å². The average molecular weight is 271 g/mol. The van der Waals surface area contributed by atoms with Crippen LogP contribution in [0.2, 0.25) is 0 Å². The molecule has 0 rings (SSSR count). The summed E-state index contributed by atoms with van der Waals surface area (Å²) in [6.07, 6.45) is 0. The van der Waals surface area contributed by atoms with Crippen LogP contribution in [0.3, 0.4) is 0 Å².